The van der Waals surface area contributed by atoms with Crippen LogP contribution >= 0.6 is 34.8 Å². The molecule has 2 amide bonds. The molecule has 3 aromatic rings. The molecule has 0 unspecified atom stereocenters. The van der Waals surface area contributed by atoms with Crippen molar-refractivity contribution >= 4 is 52.3 Å². The first-order valence-corrected chi connectivity index (χ1v) is 12.1. The molecule has 0 saturated carbocycles. The Morgan fingerprint density at radius 2 is 1.81 bits per heavy atom. The summed E-state index contributed by atoms with van der Waals surface area (Å²) in [6.07, 6.45) is -0.346. The highest BCUT2D eigenvalue weighted by Crippen LogP contribution is 2.35. The molecule has 0 radical (unpaired) electrons. The Hall–Kier alpha value is -3.35. The molecule has 3 rings (SSSR count). The minimum atomic E-state index is -0.836. The number of hydrogen-bond donors (Lipinski definition) is 2. The third-order valence-corrected chi connectivity index (χ3v) is 5.88. The van der Waals surface area contributed by atoms with Crippen molar-refractivity contribution in [2.24, 2.45) is 0 Å². The van der Waals surface area contributed by atoms with Crippen molar-refractivity contribution < 1.29 is 18.7 Å². The average molecular weight is 564 g/mol. The zero-order valence-electron chi connectivity index (χ0n) is 19.9. The predicted octanol–water partition coefficient (Wildman–Crippen LogP) is 5.92. The first-order chi connectivity index (χ1) is 17.6. The summed E-state index contributed by atoms with van der Waals surface area (Å²) in [4.78, 5) is 26.9. The van der Waals surface area contributed by atoms with Crippen LogP contribution in [0.3, 0.4) is 0 Å². The van der Waals surface area contributed by atoms with Crippen LogP contribution in [0, 0.1) is 17.1 Å². The van der Waals surface area contributed by atoms with Gasteiger partial charge in [-0.05, 0) is 56.6 Å². The first-order valence-electron chi connectivity index (χ1n) is 10.9. The second-order valence-corrected chi connectivity index (χ2v) is 9.47. The highest BCUT2D eigenvalue weighted by atomic mass is 35.5. The van der Waals surface area contributed by atoms with E-state index in [-0.39, 0.29) is 55.7 Å². The number of rotatable bonds is 9. The van der Waals surface area contributed by atoms with Crippen molar-refractivity contribution in [3.05, 3.63) is 86.1 Å². The minimum absolute atomic E-state index is 0.0208. The molecular weight excluding hydrogens is 542 g/mol. The van der Waals surface area contributed by atoms with Gasteiger partial charge in [-0.15, -0.1) is 0 Å². The van der Waals surface area contributed by atoms with E-state index in [4.69, 9.17) is 44.8 Å². The van der Waals surface area contributed by atoms with Crippen molar-refractivity contribution in [1.82, 2.24) is 10.2 Å². The van der Waals surface area contributed by atoms with Crippen LogP contribution in [0.2, 0.25) is 15.1 Å². The Kier molecular flexibility index (Phi) is 9.73. The van der Waals surface area contributed by atoms with Gasteiger partial charge in [0.1, 0.15) is 5.75 Å². The van der Waals surface area contributed by atoms with Crippen molar-refractivity contribution in [1.29, 1.82) is 5.26 Å². The van der Waals surface area contributed by atoms with E-state index in [0.717, 1.165) is 0 Å². The average Bonchev–Trinajstić information content (AvgIpc) is 2.84. The fraction of sp³-hybridized carbons (Fsp3) is 0.192. The van der Waals surface area contributed by atoms with Crippen molar-refractivity contribution in [2.75, 3.05) is 32.5 Å². The SMILES string of the molecule is CN(C)CCNC(=O)c1ccc(NC(=O)Cc2ccc(Cl)c(Oc3cc(Cl)cc(C#N)c3)c2F)c(Cl)c1. The summed E-state index contributed by atoms with van der Waals surface area (Å²) in [5, 5.41) is 14.9. The van der Waals surface area contributed by atoms with E-state index < -0.39 is 11.7 Å². The van der Waals surface area contributed by atoms with Gasteiger partial charge in [0.15, 0.2) is 11.6 Å². The molecule has 7 nitrogen and oxygen atoms in total. The van der Waals surface area contributed by atoms with Gasteiger partial charge < -0.3 is 20.3 Å². The largest absolute Gasteiger partial charge is 0.453 e. The van der Waals surface area contributed by atoms with E-state index in [9.17, 15) is 9.59 Å². The Labute approximate surface area is 228 Å². The summed E-state index contributed by atoms with van der Waals surface area (Å²) in [6, 6.07) is 13.4. The lowest BCUT2D eigenvalue weighted by Gasteiger charge is -2.13. The molecule has 0 spiro atoms. The third kappa shape index (κ3) is 7.81. The van der Waals surface area contributed by atoms with E-state index in [1.54, 1.807) is 0 Å². The van der Waals surface area contributed by atoms with Crippen LogP contribution in [-0.4, -0.2) is 43.9 Å². The summed E-state index contributed by atoms with van der Waals surface area (Å²) in [7, 11) is 3.80. The molecule has 0 fully saturated rings. The van der Waals surface area contributed by atoms with E-state index >= 15 is 4.39 Å². The zero-order valence-corrected chi connectivity index (χ0v) is 22.1. The minimum Gasteiger partial charge on any atom is -0.453 e. The molecule has 2 N–H and O–H groups in total. The number of nitrogens with one attached hydrogen (secondary N) is 2. The van der Waals surface area contributed by atoms with Gasteiger partial charge in [0.25, 0.3) is 5.91 Å². The van der Waals surface area contributed by atoms with E-state index in [2.05, 4.69) is 10.6 Å². The van der Waals surface area contributed by atoms with Gasteiger partial charge in [0.2, 0.25) is 5.91 Å². The number of carbonyl (C=O) groups is 2. The number of carbonyl (C=O) groups excluding carboxylic acids is 2. The topological polar surface area (TPSA) is 94.5 Å². The maximum Gasteiger partial charge on any atom is 0.251 e. The monoisotopic (exact) mass is 562 g/mol. The number of likely N-dealkylation sites (N-methyl/N-ethyl adjacent to an activating group) is 1. The molecule has 0 aliphatic rings. The second-order valence-electron chi connectivity index (χ2n) is 8.22. The Bertz CT molecular complexity index is 1380. The predicted molar refractivity (Wildman–Crippen MR) is 142 cm³/mol. The molecule has 0 aromatic heterocycles. The van der Waals surface area contributed by atoms with Crippen LogP contribution in [0.1, 0.15) is 21.5 Å². The zero-order chi connectivity index (χ0) is 27.1. The first kappa shape index (κ1) is 28.2. The Balaban J connectivity index is 1.71. The van der Waals surface area contributed by atoms with Crippen molar-refractivity contribution in [3.63, 3.8) is 0 Å². The summed E-state index contributed by atoms with van der Waals surface area (Å²) in [5.74, 6) is -1.87. The van der Waals surface area contributed by atoms with Crippen LogP contribution in [0.5, 0.6) is 11.5 Å². The van der Waals surface area contributed by atoms with Gasteiger partial charge in [-0.25, -0.2) is 4.39 Å². The maximum atomic E-state index is 15.2. The van der Waals surface area contributed by atoms with Crippen LogP contribution in [-0.2, 0) is 11.2 Å². The fourth-order valence-electron chi connectivity index (χ4n) is 3.23. The molecule has 11 heteroatoms. The Morgan fingerprint density at radius 1 is 1.05 bits per heavy atom. The summed E-state index contributed by atoms with van der Waals surface area (Å²) in [5.41, 5.74) is 0.856. The van der Waals surface area contributed by atoms with Crippen molar-refractivity contribution in [3.8, 4) is 17.6 Å². The number of benzene rings is 3. The fourth-order valence-corrected chi connectivity index (χ4v) is 3.86. The number of nitriles is 1. The summed E-state index contributed by atoms with van der Waals surface area (Å²) < 4.78 is 20.8. The summed E-state index contributed by atoms with van der Waals surface area (Å²) in [6.45, 7) is 1.15. The highest BCUT2D eigenvalue weighted by molar-refractivity contribution is 6.34. The number of hydrogen-bond acceptors (Lipinski definition) is 5. The van der Waals surface area contributed by atoms with Gasteiger partial charge in [0, 0.05) is 29.2 Å². The van der Waals surface area contributed by atoms with E-state index in [1.165, 1.54) is 48.5 Å². The standard InChI is InChI=1S/C26H22Cl3FN4O3/c1-34(2)8-7-32-26(36)17-4-6-22(21(29)11-17)33-23(35)12-16-3-5-20(28)25(24(16)30)37-19-10-15(14-31)9-18(27)13-19/h3-6,9-11,13H,7-8,12H2,1-2H3,(H,32,36)(H,33,35). The van der Waals surface area contributed by atoms with Crippen LogP contribution in [0.25, 0.3) is 0 Å². The number of nitrogens with zero attached hydrogens (tertiary/aromatic N) is 2. The number of amides is 2. The van der Waals surface area contributed by atoms with Crippen LogP contribution in [0.15, 0.2) is 48.5 Å². The molecule has 0 aliphatic heterocycles. The molecule has 192 valence electrons. The smallest absolute Gasteiger partial charge is 0.251 e. The van der Waals surface area contributed by atoms with Gasteiger partial charge >= 0.3 is 0 Å². The molecular formula is C26H22Cl3FN4O3. The Morgan fingerprint density at radius 3 is 2.49 bits per heavy atom. The quantitative estimate of drug-likeness (QED) is 0.337. The van der Waals surface area contributed by atoms with Gasteiger partial charge in [-0.3, -0.25) is 9.59 Å². The molecule has 37 heavy (non-hydrogen) atoms. The van der Waals surface area contributed by atoms with Crippen LogP contribution < -0.4 is 15.4 Å². The molecule has 3 aromatic carbocycles. The normalized spacial score (nSPS) is 10.6. The second kappa shape index (κ2) is 12.7. The lowest BCUT2D eigenvalue weighted by atomic mass is 10.1. The van der Waals surface area contributed by atoms with Gasteiger partial charge in [-0.2, -0.15) is 5.26 Å². The third-order valence-electron chi connectivity index (χ3n) is 5.05. The van der Waals surface area contributed by atoms with E-state index in [1.807, 2.05) is 25.1 Å². The van der Waals surface area contributed by atoms with Gasteiger partial charge in [-0.1, -0.05) is 40.9 Å². The lowest BCUT2D eigenvalue weighted by molar-refractivity contribution is -0.115. The van der Waals surface area contributed by atoms with Crippen LogP contribution in [0.4, 0.5) is 10.1 Å². The maximum absolute atomic E-state index is 15.2. The molecule has 0 aliphatic carbocycles. The van der Waals surface area contributed by atoms with E-state index in [0.29, 0.717) is 18.7 Å². The highest BCUT2D eigenvalue weighted by Gasteiger charge is 2.19. The van der Waals surface area contributed by atoms with Crippen molar-refractivity contribution in [2.45, 2.75) is 6.42 Å². The lowest BCUT2D eigenvalue weighted by Crippen LogP contribution is -2.31. The number of halogens is 4. The number of anilines is 1. The van der Waals surface area contributed by atoms with Gasteiger partial charge in [0.05, 0.1) is 33.8 Å². The summed E-state index contributed by atoms with van der Waals surface area (Å²) >= 11 is 18.4. The molecule has 0 heterocycles. The molecule has 0 saturated heterocycles. The molecule has 0 atom stereocenters. The number of ether oxygens (including phenoxy) is 1. The molecule has 0 bridgehead atoms.